The third-order valence-corrected chi connectivity index (χ3v) is 5.32. The number of aryl methyl sites for hydroxylation is 2. The molecule has 0 aliphatic heterocycles. The van der Waals surface area contributed by atoms with E-state index in [9.17, 15) is 24.6 Å². The first kappa shape index (κ1) is 27.7. The van der Waals surface area contributed by atoms with E-state index in [2.05, 4.69) is 5.32 Å². The molecule has 0 aliphatic carbocycles. The maximum absolute atomic E-state index is 12.0. The van der Waals surface area contributed by atoms with Crippen LogP contribution in [0.3, 0.4) is 0 Å². The third kappa shape index (κ3) is 10.1. The van der Waals surface area contributed by atoms with Gasteiger partial charge >= 0.3 is 18.0 Å². The predicted octanol–water partition coefficient (Wildman–Crippen LogP) is 4.62. The lowest BCUT2D eigenvalue weighted by Crippen LogP contribution is -2.45. The van der Waals surface area contributed by atoms with E-state index in [4.69, 9.17) is 9.47 Å². The van der Waals surface area contributed by atoms with E-state index in [1.54, 1.807) is 20.8 Å². The van der Waals surface area contributed by atoms with Crippen LogP contribution in [0.1, 0.15) is 50.3 Å². The van der Waals surface area contributed by atoms with Crippen LogP contribution >= 0.6 is 0 Å². The molecule has 0 spiro atoms. The number of carbonyl (C=O) groups excluding carboxylic acids is 1. The Labute approximate surface area is 206 Å². The first-order chi connectivity index (χ1) is 16.4. The van der Waals surface area contributed by atoms with Gasteiger partial charge in [-0.2, -0.15) is 0 Å². The Morgan fingerprint density at radius 1 is 0.943 bits per heavy atom. The summed E-state index contributed by atoms with van der Waals surface area (Å²) >= 11 is 0. The first-order valence-corrected chi connectivity index (χ1v) is 11.7. The summed E-state index contributed by atoms with van der Waals surface area (Å²) in [6, 6.07) is 14.1. The van der Waals surface area contributed by atoms with Crippen LogP contribution in [0.5, 0.6) is 5.75 Å². The molecule has 0 aliphatic rings. The molecule has 8 nitrogen and oxygen atoms in total. The minimum absolute atomic E-state index is 0.145. The van der Waals surface area contributed by atoms with E-state index in [1.165, 1.54) is 0 Å². The van der Waals surface area contributed by atoms with Crippen LogP contribution in [0.2, 0.25) is 0 Å². The average Bonchev–Trinajstić information content (AvgIpc) is 2.76. The smallest absolute Gasteiger partial charge is 0.408 e. The van der Waals surface area contributed by atoms with Gasteiger partial charge in [0.2, 0.25) is 0 Å². The molecule has 2 aromatic rings. The standard InChI is InChI=1S/C27H35NO7/c1-18-8-5-6-10-23(18)34-15-7-9-19-11-13-20(14-12-19)16-21(24(29)30)17-22(25(31)32)28-26(33)35-27(2,3)4/h5-6,8,10-14,21-22H,7,9,15-17H2,1-4H3,(H,28,33)(H,29,30)(H,31,32)/t21-,22-/m0/s1. The van der Waals surface area contributed by atoms with Gasteiger partial charge in [0.15, 0.2) is 0 Å². The number of hydrogen-bond acceptors (Lipinski definition) is 5. The molecule has 2 aromatic carbocycles. The molecule has 35 heavy (non-hydrogen) atoms. The zero-order valence-corrected chi connectivity index (χ0v) is 20.7. The quantitative estimate of drug-likeness (QED) is 0.375. The second-order valence-electron chi connectivity index (χ2n) is 9.55. The number of rotatable bonds is 12. The van der Waals surface area contributed by atoms with Gasteiger partial charge in [0, 0.05) is 0 Å². The lowest BCUT2D eigenvalue weighted by atomic mass is 9.92. The van der Waals surface area contributed by atoms with Crippen molar-refractivity contribution in [2.24, 2.45) is 5.92 Å². The third-order valence-electron chi connectivity index (χ3n) is 5.32. The monoisotopic (exact) mass is 485 g/mol. The van der Waals surface area contributed by atoms with Crippen LogP contribution in [0.4, 0.5) is 4.79 Å². The molecule has 0 aromatic heterocycles. The molecular weight excluding hydrogens is 450 g/mol. The molecule has 0 fully saturated rings. The molecule has 0 bridgehead atoms. The van der Waals surface area contributed by atoms with Crippen molar-refractivity contribution in [1.82, 2.24) is 5.32 Å². The molecule has 0 heterocycles. The van der Waals surface area contributed by atoms with Gasteiger partial charge in [-0.25, -0.2) is 9.59 Å². The van der Waals surface area contributed by atoms with Gasteiger partial charge in [-0.3, -0.25) is 4.79 Å². The molecule has 0 radical (unpaired) electrons. The maximum Gasteiger partial charge on any atom is 0.408 e. The van der Waals surface area contributed by atoms with Crippen LogP contribution in [0.15, 0.2) is 48.5 Å². The number of ether oxygens (including phenoxy) is 2. The fraction of sp³-hybridized carbons (Fsp3) is 0.444. The number of amides is 1. The SMILES string of the molecule is Cc1ccccc1OCCCc1ccc(C[C@@H](C[C@H](NC(=O)OC(C)(C)C)C(=O)O)C(=O)O)cc1. The average molecular weight is 486 g/mol. The van der Waals surface area contributed by atoms with E-state index >= 15 is 0 Å². The number of hydrogen-bond donors (Lipinski definition) is 3. The normalized spacial score (nSPS) is 12.9. The predicted molar refractivity (Wildman–Crippen MR) is 132 cm³/mol. The summed E-state index contributed by atoms with van der Waals surface area (Å²) in [7, 11) is 0. The molecule has 2 rings (SSSR count). The molecule has 0 saturated heterocycles. The van der Waals surface area contributed by atoms with Crippen molar-refractivity contribution < 1.29 is 34.1 Å². The van der Waals surface area contributed by atoms with Crippen molar-refractivity contribution in [2.45, 2.75) is 65.0 Å². The number of alkyl carbamates (subject to hydrolysis) is 1. The van der Waals surface area contributed by atoms with Gasteiger partial charge < -0.3 is 25.0 Å². The summed E-state index contributed by atoms with van der Waals surface area (Å²) < 4.78 is 10.9. The van der Waals surface area contributed by atoms with E-state index in [0.29, 0.717) is 6.61 Å². The van der Waals surface area contributed by atoms with Crippen LogP contribution in [0, 0.1) is 12.8 Å². The van der Waals surface area contributed by atoms with Crippen LogP contribution in [0.25, 0.3) is 0 Å². The van der Waals surface area contributed by atoms with E-state index in [0.717, 1.165) is 35.3 Å². The summed E-state index contributed by atoms with van der Waals surface area (Å²) in [4.78, 5) is 35.4. The Morgan fingerprint density at radius 2 is 1.57 bits per heavy atom. The van der Waals surface area contributed by atoms with Gasteiger partial charge in [0.1, 0.15) is 17.4 Å². The zero-order valence-electron chi connectivity index (χ0n) is 20.7. The second-order valence-corrected chi connectivity index (χ2v) is 9.55. The summed E-state index contributed by atoms with van der Waals surface area (Å²) in [5.74, 6) is -2.55. The van der Waals surface area contributed by atoms with Crippen molar-refractivity contribution in [3.05, 3.63) is 65.2 Å². The molecule has 0 unspecified atom stereocenters. The number of carbonyl (C=O) groups is 3. The molecule has 190 valence electrons. The Hall–Kier alpha value is -3.55. The van der Waals surface area contributed by atoms with Crippen molar-refractivity contribution in [3.8, 4) is 5.75 Å². The van der Waals surface area contributed by atoms with Gasteiger partial charge in [-0.05, 0) is 76.1 Å². The minimum atomic E-state index is -1.38. The Balaban J connectivity index is 1.90. The zero-order chi connectivity index (χ0) is 26.0. The first-order valence-electron chi connectivity index (χ1n) is 11.7. The van der Waals surface area contributed by atoms with Gasteiger partial charge in [0.25, 0.3) is 0 Å². The largest absolute Gasteiger partial charge is 0.493 e. The fourth-order valence-corrected chi connectivity index (χ4v) is 3.53. The van der Waals surface area contributed by atoms with E-state index in [-0.39, 0.29) is 12.8 Å². The number of para-hydroxylation sites is 1. The molecule has 2 atom stereocenters. The van der Waals surface area contributed by atoms with E-state index in [1.807, 2.05) is 55.5 Å². The van der Waals surface area contributed by atoms with Crippen LogP contribution in [-0.4, -0.2) is 46.5 Å². The van der Waals surface area contributed by atoms with Crippen LogP contribution in [-0.2, 0) is 27.2 Å². The summed E-state index contributed by atoms with van der Waals surface area (Å²) in [5.41, 5.74) is 2.17. The molecule has 0 saturated carbocycles. The maximum atomic E-state index is 12.0. The Morgan fingerprint density at radius 3 is 2.14 bits per heavy atom. The Kier molecular flexibility index (Phi) is 10.1. The molecule has 8 heteroatoms. The number of nitrogens with one attached hydrogen (secondary N) is 1. The number of aliphatic carboxylic acids is 2. The van der Waals surface area contributed by atoms with Gasteiger partial charge in [-0.1, -0.05) is 42.5 Å². The topological polar surface area (TPSA) is 122 Å². The molecule has 3 N–H and O–H groups in total. The summed E-state index contributed by atoms with van der Waals surface area (Å²) in [6.45, 7) is 7.57. The van der Waals surface area contributed by atoms with Crippen LogP contribution < -0.4 is 10.1 Å². The highest BCUT2D eigenvalue weighted by molar-refractivity contribution is 5.81. The number of benzene rings is 2. The van der Waals surface area contributed by atoms with E-state index < -0.39 is 35.6 Å². The van der Waals surface area contributed by atoms with Gasteiger partial charge in [-0.15, -0.1) is 0 Å². The number of carboxylic acids is 2. The number of carboxylic acid groups (broad SMARTS) is 2. The summed E-state index contributed by atoms with van der Waals surface area (Å²) in [6.07, 6.45) is 0.635. The second kappa shape index (κ2) is 12.8. The lowest BCUT2D eigenvalue weighted by molar-refractivity contribution is -0.144. The highest BCUT2D eigenvalue weighted by Gasteiger charge is 2.30. The molecule has 1 amide bonds. The Bertz CT molecular complexity index is 995. The highest BCUT2D eigenvalue weighted by atomic mass is 16.6. The van der Waals surface area contributed by atoms with Crippen molar-refractivity contribution in [3.63, 3.8) is 0 Å². The van der Waals surface area contributed by atoms with Gasteiger partial charge in [0.05, 0.1) is 12.5 Å². The highest BCUT2D eigenvalue weighted by Crippen LogP contribution is 2.19. The van der Waals surface area contributed by atoms with Crippen molar-refractivity contribution in [1.29, 1.82) is 0 Å². The van der Waals surface area contributed by atoms with Crippen molar-refractivity contribution >= 4 is 18.0 Å². The minimum Gasteiger partial charge on any atom is -0.493 e. The van der Waals surface area contributed by atoms with Crippen molar-refractivity contribution in [2.75, 3.05) is 6.61 Å². The fourth-order valence-electron chi connectivity index (χ4n) is 3.53. The lowest BCUT2D eigenvalue weighted by Gasteiger charge is -2.23. The molecular formula is C27H35NO7. The summed E-state index contributed by atoms with van der Waals surface area (Å²) in [5, 5.41) is 21.4.